The van der Waals surface area contributed by atoms with Gasteiger partial charge in [0, 0.05) is 25.3 Å². The minimum absolute atomic E-state index is 0.440. The van der Waals surface area contributed by atoms with Gasteiger partial charge < -0.3 is 14.6 Å². The summed E-state index contributed by atoms with van der Waals surface area (Å²) in [6, 6.07) is 8.64. The van der Waals surface area contributed by atoms with E-state index in [0.717, 1.165) is 18.8 Å². The molecule has 0 aliphatic rings. The van der Waals surface area contributed by atoms with Gasteiger partial charge in [-0.1, -0.05) is 12.1 Å². The molecule has 1 heterocycles. The fourth-order valence-electron chi connectivity index (χ4n) is 2.18. The van der Waals surface area contributed by atoms with Gasteiger partial charge in [0.05, 0.1) is 18.6 Å². The zero-order valence-electron chi connectivity index (χ0n) is 12.5. The Labute approximate surface area is 120 Å². The van der Waals surface area contributed by atoms with E-state index in [9.17, 15) is 0 Å². The number of aromatic nitrogens is 2. The molecule has 1 aromatic carbocycles. The van der Waals surface area contributed by atoms with E-state index in [1.807, 2.05) is 31.6 Å². The van der Waals surface area contributed by atoms with Gasteiger partial charge in [0.25, 0.3) is 0 Å². The molecule has 1 aromatic heterocycles. The summed E-state index contributed by atoms with van der Waals surface area (Å²) in [7, 11) is 0. The van der Waals surface area contributed by atoms with Crippen LogP contribution in [0, 0.1) is 0 Å². The normalized spacial score (nSPS) is 11.0. The van der Waals surface area contributed by atoms with Gasteiger partial charge in [0.1, 0.15) is 5.75 Å². The first-order valence-electron chi connectivity index (χ1n) is 7.14. The van der Waals surface area contributed by atoms with Gasteiger partial charge in [0.2, 0.25) is 0 Å². The number of benzene rings is 1. The molecular formula is C16H23N3O. The summed E-state index contributed by atoms with van der Waals surface area (Å²) in [4.78, 5) is 4.21. The average Bonchev–Trinajstić information content (AvgIpc) is 2.88. The van der Waals surface area contributed by atoms with Crippen LogP contribution >= 0.6 is 0 Å². The van der Waals surface area contributed by atoms with Crippen molar-refractivity contribution in [3.8, 4) is 5.75 Å². The van der Waals surface area contributed by atoms with Crippen LogP contribution in [-0.4, -0.2) is 16.2 Å². The second kappa shape index (κ2) is 7.10. The van der Waals surface area contributed by atoms with E-state index >= 15 is 0 Å². The van der Waals surface area contributed by atoms with Crippen LogP contribution in [0.25, 0.3) is 0 Å². The second-order valence-corrected chi connectivity index (χ2v) is 5.07. The van der Waals surface area contributed by atoms with Crippen LogP contribution in [0.1, 0.15) is 38.1 Å². The standard InChI is InChI=1S/C16H23N3O/c1-4-20-16-7-5-6-14(8-16)9-17-10-15-11-18-12-19(15)13(2)3/h5-8,11-13,17H,4,9-10H2,1-3H3. The van der Waals surface area contributed by atoms with Crippen LogP contribution in [0.4, 0.5) is 0 Å². The Morgan fingerprint density at radius 2 is 2.15 bits per heavy atom. The third-order valence-electron chi connectivity index (χ3n) is 3.15. The van der Waals surface area contributed by atoms with Gasteiger partial charge in [-0.25, -0.2) is 4.98 Å². The number of hydrogen-bond donors (Lipinski definition) is 1. The fourth-order valence-corrected chi connectivity index (χ4v) is 2.18. The van der Waals surface area contributed by atoms with Crippen LogP contribution in [0.5, 0.6) is 5.75 Å². The molecule has 2 aromatic rings. The maximum atomic E-state index is 5.51. The van der Waals surface area contributed by atoms with Crippen molar-refractivity contribution in [2.75, 3.05) is 6.61 Å². The van der Waals surface area contributed by atoms with Crippen molar-refractivity contribution in [3.63, 3.8) is 0 Å². The first-order valence-corrected chi connectivity index (χ1v) is 7.14. The summed E-state index contributed by atoms with van der Waals surface area (Å²) >= 11 is 0. The lowest BCUT2D eigenvalue weighted by atomic mass is 10.2. The van der Waals surface area contributed by atoms with Gasteiger partial charge in [-0.2, -0.15) is 0 Å². The average molecular weight is 273 g/mol. The quantitative estimate of drug-likeness (QED) is 0.842. The maximum Gasteiger partial charge on any atom is 0.119 e. The molecule has 108 valence electrons. The highest BCUT2D eigenvalue weighted by Gasteiger charge is 2.04. The molecule has 0 radical (unpaired) electrons. The summed E-state index contributed by atoms with van der Waals surface area (Å²) in [5.41, 5.74) is 2.44. The molecule has 0 fully saturated rings. The van der Waals surface area contributed by atoms with Crippen molar-refractivity contribution in [2.24, 2.45) is 0 Å². The Bertz CT molecular complexity index is 534. The summed E-state index contributed by atoms with van der Waals surface area (Å²) in [6.07, 6.45) is 3.81. The van der Waals surface area contributed by atoms with Crippen molar-refractivity contribution in [1.29, 1.82) is 0 Å². The van der Waals surface area contributed by atoms with E-state index in [0.29, 0.717) is 12.6 Å². The fraction of sp³-hybridized carbons (Fsp3) is 0.438. The van der Waals surface area contributed by atoms with Gasteiger partial charge in [-0.15, -0.1) is 0 Å². The molecular weight excluding hydrogens is 250 g/mol. The molecule has 0 aliphatic carbocycles. The zero-order chi connectivity index (χ0) is 14.4. The molecule has 0 atom stereocenters. The van der Waals surface area contributed by atoms with Crippen molar-refractivity contribution in [2.45, 2.75) is 39.9 Å². The smallest absolute Gasteiger partial charge is 0.119 e. The monoisotopic (exact) mass is 273 g/mol. The van der Waals surface area contributed by atoms with Crippen LogP contribution < -0.4 is 10.1 Å². The lowest BCUT2D eigenvalue weighted by Crippen LogP contribution is -2.16. The molecule has 0 saturated carbocycles. The molecule has 1 N–H and O–H groups in total. The predicted molar refractivity (Wildman–Crippen MR) is 80.8 cm³/mol. The van der Waals surface area contributed by atoms with Crippen molar-refractivity contribution in [1.82, 2.24) is 14.9 Å². The summed E-state index contributed by atoms with van der Waals surface area (Å²) in [6.45, 7) is 8.66. The van der Waals surface area contributed by atoms with E-state index in [1.165, 1.54) is 11.3 Å². The number of nitrogens with zero attached hydrogens (tertiary/aromatic N) is 2. The van der Waals surface area contributed by atoms with E-state index in [4.69, 9.17) is 4.74 Å². The maximum absolute atomic E-state index is 5.51. The Kier molecular flexibility index (Phi) is 5.18. The van der Waals surface area contributed by atoms with Crippen molar-refractivity contribution >= 4 is 0 Å². The van der Waals surface area contributed by atoms with Gasteiger partial charge in [-0.05, 0) is 38.5 Å². The molecule has 4 nitrogen and oxygen atoms in total. The number of rotatable bonds is 7. The number of hydrogen-bond acceptors (Lipinski definition) is 3. The van der Waals surface area contributed by atoms with Crippen LogP contribution in [0.3, 0.4) is 0 Å². The van der Waals surface area contributed by atoms with Gasteiger partial charge in [-0.3, -0.25) is 0 Å². The summed E-state index contributed by atoms with van der Waals surface area (Å²) < 4.78 is 7.69. The zero-order valence-corrected chi connectivity index (χ0v) is 12.5. The van der Waals surface area contributed by atoms with Crippen LogP contribution in [-0.2, 0) is 13.1 Å². The van der Waals surface area contributed by atoms with Crippen molar-refractivity contribution < 1.29 is 4.74 Å². The van der Waals surface area contributed by atoms with E-state index in [-0.39, 0.29) is 0 Å². The Morgan fingerprint density at radius 3 is 2.90 bits per heavy atom. The predicted octanol–water partition coefficient (Wildman–Crippen LogP) is 3.15. The second-order valence-electron chi connectivity index (χ2n) is 5.07. The largest absolute Gasteiger partial charge is 0.494 e. The molecule has 2 rings (SSSR count). The summed E-state index contributed by atoms with van der Waals surface area (Å²) in [5.74, 6) is 0.930. The van der Waals surface area contributed by atoms with Crippen LogP contribution in [0.15, 0.2) is 36.8 Å². The molecule has 0 bridgehead atoms. The number of nitrogens with one attached hydrogen (secondary N) is 1. The first-order chi connectivity index (χ1) is 9.70. The third-order valence-corrected chi connectivity index (χ3v) is 3.15. The Morgan fingerprint density at radius 1 is 1.30 bits per heavy atom. The summed E-state index contributed by atoms with van der Waals surface area (Å²) in [5, 5.41) is 3.45. The minimum atomic E-state index is 0.440. The van der Waals surface area contributed by atoms with Gasteiger partial charge in [0.15, 0.2) is 0 Å². The van der Waals surface area contributed by atoms with E-state index in [1.54, 1.807) is 0 Å². The Balaban J connectivity index is 1.89. The minimum Gasteiger partial charge on any atom is -0.494 e. The van der Waals surface area contributed by atoms with Crippen LogP contribution in [0.2, 0.25) is 0 Å². The van der Waals surface area contributed by atoms with E-state index in [2.05, 4.69) is 40.8 Å². The molecule has 4 heteroatoms. The molecule has 20 heavy (non-hydrogen) atoms. The lowest BCUT2D eigenvalue weighted by Gasteiger charge is -2.12. The Hall–Kier alpha value is -1.81. The van der Waals surface area contributed by atoms with E-state index < -0.39 is 0 Å². The first kappa shape index (κ1) is 14.6. The molecule has 0 aliphatic heterocycles. The number of ether oxygens (including phenoxy) is 1. The molecule has 0 amide bonds. The molecule has 0 spiro atoms. The SMILES string of the molecule is CCOc1cccc(CNCc2cncn2C(C)C)c1. The van der Waals surface area contributed by atoms with Crippen molar-refractivity contribution in [3.05, 3.63) is 48.0 Å². The molecule has 0 saturated heterocycles. The van der Waals surface area contributed by atoms with Gasteiger partial charge >= 0.3 is 0 Å². The third kappa shape index (κ3) is 3.84. The lowest BCUT2D eigenvalue weighted by molar-refractivity contribution is 0.340. The molecule has 0 unspecified atom stereocenters. The highest BCUT2D eigenvalue weighted by molar-refractivity contribution is 5.28. The topological polar surface area (TPSA) is 39.1 Å². The highest BCUT2D eigenvalue weighted by Crippen LogP contribution is 2.13. The number of imidazole rings is 1. The highest BCUT2D eigenvalue weighted by atomic mass is 16.5.